The predicted octanol–water partition coefficient (Wildman–Crippen LogP) is 1.89. The fourth-order valence-electron chi connectivity index (χ4n) is 2.30. The number of esters is 1. The van der Waals surface area contributed by atoms with Gasteiger partial charge in [-0.15, -0.1) is 0 Å². The largest absolute Gasteiger partial charge is 0.494 e. The van der Waals surface area contributed by atoms with Gasteiger partial charge in [0.05, 0.1) is 12.5 Å². The van der Waals surface area contributed by atoms with Crippen molar-refractivity contribution in [2.75, 3.05) is 18.1 Å². The van der Waals surface area contributed by atoms with Gasteiger partial charge in [-0.1, -0.05) is 0 Å². The van der Waals surface area contributed by atoms with E-state index in [1.165, 1.54) is 6.92 Å². The zero-order chi connectivity index (χ0) is 16.1. The maximum absolute atomic E-state index is 12.1. The van der Waals surface area contributed by atoms with Crippen molar-refractivity contribution in [3.8, 4) is 11.8 Å². The van der Waals surface area contributed by atoms with Crippen molar-refractivity contribution in [1.29, 1.82) is 5.26 Å². The molecule has 1 heterocycles. The molecule has 1 aromatic rings. The highest BCUT2D eigenvalue weighted by Crippen LogP contribution is 2.27. The Morgan fingerprint density at radius 2 is 2.14 bits per heavy atom. The molecule has 0 radical (unpaired) electrons. The topological polar surface area (TPSA) is 79.6 Å². The molecule has 1 aromatic carbocycles. The SMILES string of the molecule is CCOc1ccc(N2C[C@@H](C(=O)O[C@@H](C)C#N)CC2=O)cc1. The van der Waals surface area contributed by atoms with Crippen LogP contribution in [0, 0.1) is 17.2 Å². The molecule has 1 amide bonds. The smallest absolute Gasteiger partial charge is 0.312 e. The number of carbonyl (C=O) groups is 2. The molecule has 0 spiro atoms. The van der Waals surface area contributed by atoms with Crippen molar-refractivity contribution in [2.24, 2.45) is 5.92 Å². The second-order valence-corrected chi connectivity index (χ2v) is 5.04. The third-order valence-corrected chi connectivity index (χ3v) is 3.39. The zero-order valence-corrected chi connectivity index (χ0v) is 12.6. The van der Waals surface area contributed by atoms with Gasteiger partial charge in [0.2, 0.25) is 5.91 Å². The van der Waals surface area contributed by atoms with Crippen molar-refractivity contribution in [2.45, 2.75) is 26.4 Å². The van der Waals surface area contributed by atoms with E-state index in [0.29, 0.717) is 6.61 Å². The van der Waals surface area contributed by atoms with Crippen molar-refractivity contribution in [3.05, 3.63) is 24.3 Å². The monoisotopic (exact) mass is 302 g/mol. The van der Waals surface area contributed by atoms with Crippen molar-refractivity contribution in [1.82, 2.24) is 0 Å². The van der Waals surface area contributed by atoms with Gasteiger partial charge in [0.1, 0.15) is 11.8 Å². The lowest BCUT2D eigenvalue weighted by Gasteiger charge is -2.17. The average Bonchev–Trinajstić information content (AvgIpc) is 2.90. The van der Waals surface area contributed by atoms with Gasteiger partial charge in [0, 0.05) is 18.7 Å². The fourth-order valence-corrected chi connectivity index (χ4v) is 2.30. The van der Waals surface area contributed by atoms with Crippen molar-refractivity contribution in [3.63, 3.8) is 0 Å². The molecule has 2 atom stereocenters. The Hall–Kier alpha value is -2.55. The first-order valence-corrected chi connectivity index (χ1v) is 7.18. The molecule has 0 N–H and O–H groups in total. The average molecular weight is 302 g/mol. The van der Waals surface area contributed by atoms with Crippen molar-refractivity contribution >= 4 is 17.6 Å². The van der Waals surface area contributed by atoms with Crippen LogP contribution in [0.4, 0.5) is 5.69 Å². The van der Waals surface area contributed by atoms with Gasteiger partial charge in [-0.05, 0) is 38.1 Å². The first kappa shape index (κ1) is 15.8. The number of hydrogen-bond acceptors (Lipinski definition) is 5. The number of ether oxygens (including phenoxy) is 2. The Balaban J connectivity index is 2.03. The first-order valence-electron chi connectivity index (χ1n) is 7.18. The Kier molecular flexibility index (Phi) is 4.99. The highest BCUT2D eigenvalue weighted by atomic mass is 16.5. The summed E-state index contributed by atoms with van der Waals surface area (Å²) >= 11 is 0. The minimum absolute atomic E-state index is 0.101. The van der Waals surface area contributed by atoms with Crippen LogP contribution in [0.3, 0.4) is 0 Å². The van der Waals surface area contributed by atoms with E-state index in [1.54, 1.807) is 29.2 Å². The summed E-state index contributed by atoms with van der Waals surface area (Å²) in [4.78, 5) is 25.5. The molecule has 6 heteroatoms. The maximum atomic E-state index is 12.1. The van der Waals surface area contributed by atoms with Gasteiger partial charge >= 0.3 is 5.97 Å². The molecule has 0 unspecified atom stereocenters. The molecule has 6 nitrogen and oxygen atoms in total. The summed E-state index contributed by atoms with van der Waals surface area (Å²) in [5, 5.41) is 8.66. The number of nitriles is 1. The molecule has 0 aliphatic carbocycles. The molecule has 1 aliphatic heterocycles. The van der Waals surface area contributed by atoms with E-state index in [2.05, 4.69) is 0 Å². The standard InChI is InChI=1S/C16H18N2O4/c1-3-21-14-6-4-13(5-7-14)18-10-12(8-15(18)19)16(20)22-11(2)9-17/h4-7,11-12H,3,8,10H2,1-2H3/t11-,12-/m0/s1. The van der Waals surface area contributed by atoms with E-state index >= 15 is 0 Å². The van der Waals surface area contributed by atoms with Crippen LogP contribution < -0.4 is 9.64 Å². The predicted molar refractivity (Wildman–Crippen MR) is 79.2 cm³/mol. The minimum atomic E-state index is -0.804. The van der Waals surface area contributed by atoms with E-state index in [4.69, 9.17) is 14.7 Å². The summed E-state index contributed by atoms with van der Waals surface area (Å²) in [6.07, 6.45) is -0.702. The molecule has 1 aliphatic rings. The molecule has 1 saturated heterocycles. The molecule has 0 aromatic heterocycles. The van der Waals surface area contributed by atoms with Crippen LogP contribution in [-0.2, 0) is 14.3 Å². The Morgan fingerprint density at radius 3 is 2.73 bits per heavy atom. The Labute approximate surface area is 129 Å². The van der Waals surface area contributed by atoms with Crippen LogP contribution in [0.2, 0.25) is 0 Å². The summed E-state index contributed by atoms with van der Waals surface area (Å²) in [5.74, 6) is -0.432. The number of carbonyl (C=O) groups excluding carboxylic acids is 2. The summed E-state index contributed by atoms with van der Waals surface area (Å²) in [6.45, 7) is 4.24. The lowest BCUT2D eigenvalue weighted by Crippen LogP contribution is -2.27. The van der Waals surface area contributed by atoms with E-state index in [9.17, 15) is 9.59 Å². The zero-order valence-electron chi connectivity index (χ0n) is 12.6. The lowest BCUT2D eigenvalue weighted by atomic mass is 10.1. The summed E-state index contributed by atoms with van der Waals surface area (Å²) in [5.41, 5.74) is 0.720. The van der Waals surface area contributed by atoms with E-state index in [-0.39, 0.29) is 18.9 Å². The van der Waals surface area contributed by atoms with Crippen LogP contribution >= 0.6 is 0 Å². The first-order chi connectivity index (χ1) is 10.5. The summed E-state index contributed by atoms with van der Waals surface area (Å²) in [6, 6.07) is 8.98. The van der Waals surface area contributed by atoms with E-state index < -0.39 is 18.0 Å². The number of rotatable bonds is 5. The van der Waals surface area contributed by atoms with Crippen LogP contribution in [0.5, 0.6) is 5.75 Å². The Morgan fingerprint density at radius 1 is 1.45 bits per heavy atom. The fraction of sp³-hybridized carbons (Fsp3) is 0.438. The number of amides is 1. The van der Waals surface area contributed by atoms with Crippen LogP contribution in [-0.4, -0.2) is 31.1 Å². The molecule has 22 heavy (non-hydrogen) atoms. The minimum Gasteiger partial charge on any atom is -0.494 e. The number of anilines is 1. The van der Waals surface area contributed by atoms with Crippen molar-refractivity contribution < 1.29 is 19.1 Å². The van der Waals surface area contributed by atoms with Gasteiger partial charge < -0.3 is 14.4 Å². The quantitative estimate of drug-likeness (QED) is 0.776. The second-order valence-electron chi connectivity index (χ2n) is 5.04. The molecule has 0 saturated carbocycles. The Bertz CT molecular complexity index is 591. The third-order valence-electron chi connectivity index (χ3n) is 3.39. The van der Waals surface area contributed by atoms with Crippen LogP contribution in [0.1, 0.15) is 20.3 Å². The summed E-state index contributed by atoms with van der Waals surface area (Å²) < 4.78 is 10.3. The lowest BCUT2D eigenvalue weighted by molar-refractivity contribution is -0.150. The molecular formula is C16H18N2O4. The normalized spacial score (nSPS) is 18.7. The third kappa shape index (κ3) is 3.55. The molecular weight excluding hydrogens is 284 g/mol. The van der Waals surface area contributed by atoms with Gasteiger partial charge in [0.25, 0.3) is 0 Å². The van der Waals surface area contributed by atoms with E-state index in [1.807, 2.05) is 13.0 Å². The molecule has 116 valence electrons. The number of benzene rings is 1. The highest BCUT2D eigenvalue weighted by Gasteiger charge is 2.36. The van der Waals surface area contributed by atoms with Crippen LogP contribution in [0.25, 0.3) is 0 Å². The molecule has 2 rings (SSSR count). The number of nitrogens with zero attached hydrogens (tertiary/aromatic N) is 2. The highest BCUT2D eigenvalue weighted by molar-refractivity contribution is 5.99. The number of hydrogen-bond donors (Lipinski definition) is 0. The maximum Gasteiger partial charge on any atom is 0.312 e. The van der Waals surface area contributed by atoms with Crippen LogP contribution in [0.15, 0.2) is 24.3 Å². The summed E-state index contributed by atoms with van der Waals surface area (Å²) in [7, 11) is 0. The molecule has 1 fully saturated rings. The van der Waals surface area contributed by atoms with E-state index in [0.717, 1.165) is 11.4 Å². The van der Waals surface area contributed by atoms with Gasteiger partial charge in [-0.2, -0.15) is 5.26 Å². The second kappa shape index (κ2) is 6.94. The van der Waals surface area contributed by atoms with Gasteiger partial charge in [-0.3, -0.25) is 9.59 Å². The van der Waals surface area contributed by atoms with Gasteiger partial charge in [-0.25, -0.2) is 0 Å². The molecule has 0 bridgehead atoms. The van der Waals surface area contributed by atoms with Gasteiger partial charge in [0.15, 0.2) is 6.10 Å².